The second-order valence-corrected chi connectivity index (χ2v) is 8.65. The number of carbonyl (C=O) groups excluding carboxylic acids is 2. The first-order valence-electron chi connectivity index (χ1n) is 10.9. The minimum absolute atomic E-state index is 0.0282. The molecule has 3 atom stereocenters. The zero-order valence-corrected chi connectivity index (χ0v) is 19.3. The zero-order chi connectivity index (χ0) is 24.1. The molecule has 8 nitrogen and oxygen atoms in total. The van der Waals surface area contributed by atoms with Crippen molar-refractivity contribution in [3.05, 3.63) is 53.8 Å². The Kier molecular flexibility index (Phi) is 7.88. The SMILES string of the molecule is C[C@@H]1CN([C@H](C)CO)C(=O)c2cccc(NC(=O)Nc3ccc(F)cc3)c2O[C@@H]1CN(C)C. The predicted octanol–water partition coefficient (Wildman–Crippen LogP) is 3.25. The average molecular weight is 459 g/mol. The lowest BCUT2D eigenvalue weighted by Gasteiger charge is -2.38. The Morgan fingerprint density at radius 1 is 1.24 bits per heavy atom. The van der Waals surface area contributed by atoms with Gasteiger partial charge in [-0.1, -0.05) is 13.0 Å². The summed E-state index contributed by atoms with van der Waals surface area (Å²) in [6.07, 6.45) is -0.261. The fraction of sp³-hybridized carbons (Fsp3) is 0.417. The van der Waals surface area contributed by atoms with Gasteiger partial charge < -0.3 is 30.3 Å². The number of para-hydroxylation sites is 1. The van der Waals surface area contributed by atoms with E-state index in [1.165, 1.54) is 24.3 Å². The summed E-state index contributed by atoms with van der Waals surface area (Å²) in [4.78, 5) is 29.7. The van der Waals surface area contributed by atoms with E-state index in [2.05, 4.69) is 10.6 Å². The number of rotatable bonds is 6. The van der Waals surface area contributed by atoms with Crippen LogP contribution in [-0.2, 0) is 0 Å². The molecule has 178 valence electrons. The molecule has 9 heteroatoms. The highest BCUT2D eigenvalue weighted by Gasteiger charge is 2.34. The maximum absolute atomic E-state index is 13.4. The molecule has 0 aliphatic carbocycles. The van der Waals surface area contributed by atoms with E-state index >= 15 is 0 Å². The van der Waals surface area contributed by atoms with Gasteiger partial charge in [0.1, 0.15) is 11.9 Å². The number of halogens is 1. The molecule has 0 saturated heterocycles. The summed E-state index contributed by atoms with van der Waals surface area (Å²) in [7, 11) is 3.88. The molecule has 0 bridgehead atoms. The minimum atomic E-state index is -0.550. The fourth-order valence-corrected chi connectivity index (χ4v) is 3.74. The van der Waals surface area contributed by atoms with Crippen LogP contribution in [0.25, 0.3) is 0 Å². The molecule has 0 unspecified atom stereocenters. The minimum Gasteiger partial charge on any atom is -0.486 e. The maximum Gasteiger partial charge on any atom is 0.323 e. The summed E-state index contributed by atoms with van der Waals surface area (Å²) in [6.45, 7) is 4.67. The number of hydrogen-bond acceptors (Lipinski definition) is 5. The third kappa shape index (κ3) is 6.00. The average Bonchev–Trinajstić information content (AvgIpc) is 2.77. The van der Waals surface area contributed by atoms with Crippen LogP contribution in [0.3, 0.4) is 0 Å². The van der Waals surface area contributed by atoms with Crippen LogP contribution in [0.4, 0.5) is 20.6 Å². The molecule has 3 rings (SSSR count). The van der Waals surface area contributed by atoms with E-state index in [0.29, 0.717) is 30.0 Å². The molecule has 33 heavy (non-hydrogen) atoms. The van der Waals surface area contributed by atoms with Crippen molar-refractivity contribution in [2.75, 3.05) is 44.4 Å². The van der Waals surface area contributed by atoms with Crippen molar-refractivity contribution in [3.8, 4) is 5.75 Å². The van der Waals surface area contributed by atoms with Gasteiger partial charge in [0, 0.05) is 24.7 Å². The molecule has 0 spiro atoms. The molecule has 0 fully saturated rings. The van der Waals surface area contributed by atoms with Crippen molar-refractivity contribution in [1.82, 2.24) is 9.80 Å². The number of aliphatic hydroxyl groups excluding tert-OH is 1. The van der Waals surface area contributed by atoms with Gasteiger partial charge in [0.05, 0.1) is 23.9 Å². The van der Waals surface area contributed by atoms with Crippen LogP contribution in [0.2, 0.25) is 0 Å². The van der Waals surface area contributed by atoms with E-state index in [0.717, 1.165) is 0 Å². The lowest BCUT2D eigenvalue weighted by molar-refractivity contribution is 0.0365. The van der Waals surface area contributed by atoms with E-state index in [1.807, 2.05) is 25.9 Å². The molecule has 3 amide bonds. The Hall–Kier alpha value is -3.17. The largest absolute Gasteiger partial charge is 0.486 e. The van der Waals surface area contributed by atoms with Crippen molar-refractivity contribution in [2.45, 2.75) is 26.0 Å². The highest BCUT2D eigenvalue weighted by molar-refractivity contribution is 6.04. The third-order valence-corrected chi connectivity index (χ3v) is 5.59. The number of aliphatic hydroxyl groups is 1. The lowest BCUT2D eigenvalue weighted by Crippen LogP contribution is -2.49. The van der Waals surface area contributed by atoms with Crippen LogP contribution in [0.1, 0.15) is 24.2 Å². The smallest absolute Gasteiger partial charge is 0.323 e. The Balaban J connectivity index is 1.95. The van der Waals surface area contributed by atoms with Gasteiger partial charge in [-0.2, -0.15) is 0 Å². The molecular formula is C24H31FN4O4. The number of nitrogens with zero attached hydrogens (tertiary/aromatic N) is 2. The van der Waals surface area contributed by atoms with Crippen LogP contribution in [0, 0.1) is 11.7 Å². The first-order valence-corrected chi connectivity index (χ1v) is 10.9. The second-order valence-electron chi connectivity index (χ2n) is 8.65. The number of anilines is 2. The Bertz CT molecular complexity index is 983. The topological polar surface area (TPSA) is 94.1 Å². The molecular weight excluding hydrogens is 427 g/mol. The standard InChI is InChI=1S/C24H31FN4O4/c1-15-12-29(16(2)14-30)23(31)19-6-5-7-20(22(19)33-21(15)13-28(3)4)27-24(32)26-18-10-8-17(25)9-11-18/h5-11,15-16,21,30H,12-14H2,1-4H3,(H2,26,27,32)/t15-,16-,21-/m1/s1. The quantitative estimate of drug-likeness (QED) is 0.618. The molecule has 3 N–H and O–H groups in total. The van der Waals surface area contributed by atoms with Crippen LogP contribution >= 0.6 is 0 Å². The normalized spacial score (nSPS) is 19.2. The van der Waals surface area contributed by atoms with Gasteiger partial charge in [-0.05, 0) is 57.4 Å². The zero-order valence-electron chi connectivity index (χ0n) is 19.3. The molecule has 0 aromatic heterocycles. The van der Waals surface area contributed by atoms with Gasteiger partial charge in [-0.15, -0.1) is 0 Å². The summed E-state index contributed by atoms with van der Waals surface area (Å²) < 4.78 is 19.5. The third-order valence-electron chi connectivity index (χ3n) is 5.59. The molecule has 1 aliphatic heterocycles. The van der Waals surface area contributed by atoms with Crippen LogP contribution in [-0.4, -0.2) is 72.8 Å². The van der Waals surface area contributed by atoms with Crippen molar-refractivity contribution in [3.63, 3.8) is 0 Å². The number of benzene rings is 2. The van der Waals surface area contributed by atoms with Gasteiger partial charge in [0.2, 0.25) is 0 Å². The first kappa shape index (κ1) is 24.5. The number of likely N-dealkylation sites (N-methyl/N-ethyl adjacent to an activating group) is 1. The van der Waals surface area contributed by atoms with Gasteiger partial charge in [0.15, 0.2) is 5.75 Å². The number of fused-ring (bicyclic) bond motifs is 1. The highest BCUT2D eigenvalue weighted by atomic mass is 19.1. The van der Waals surface area contributed by atoms with Gasteiger partial charge in [-0.25, -0.2) is 9.18 Å². The van der Waals surface area contributed by atoms with Gasteiger partial charge in [-0.3, -0.25) is 4.79 Å². The number of nitrogens with one attached hydrogen (secondary N) is 2. The fourth-order valence-electron chi connectivity index (χ4n) is 3.74. The summed E-state index contributed by atoms with van der Waals surface area (Å²) in [6, 6.07) is 9.47. The second kappa shape index (κ2) is 10.6. The Morgan fingerprint density at radius 2 is 1.94 bits per heavy atom. The monoisotopic (exact) mass is 458 g/mol. The summed E-state index contributed by atoms with van der Waals surface area (Å²) in [5.41, 5.74) is 1.08. The first-order chi connectivity index (χ1) is 15.7. The maximum atomic E-state index is 13.4. The Labute approximate surface area is 193 Å². The van der Waals surface area contributed by atoms with Crippen LogP contribution < -0.4 is 15.4 Å². The number of amides is 3. The molecule has 2 aromatic carbocycles. The van der Waals surface area contributed by atoms with Crippen molar-refractivity contribution in [1.29, 1.82) is 0 Å². The van der Waals surface area contributed by atoms with Crippen molar-refractivity contribution < 1.29 is 23.8 Å². The van der Waals surface area contributed by atoms with Crippen LogP contribution in [0.5, 0.6) is 5.75 Å². The van der Waals surface area contributed by atoms with Crippen molar-refractivity contribution in [2.24, 2.45) is 5.92 Å². The van der Waals surface area contributed by atoms with E-state index in [9.17, 15) is 19.1 Å². The van der Waals surface area contributed by atoms with E-state index in [1.54, 1.807) is 30.0 Å². The van der Waals surface area contributed by atoms with Crippen molar-refractivity contribution >= 4 is 23.3 Å². The summed E-state index contributed by atoms with van der Waals surface area (Å²) >= 11 is 0. The Morgan fingerprint density at radius 3 is 2.58 bits per heavy atom. The number of carbonyl (C=O) groups is 2. The number of ether oxygens (including phenoxy) is 1. The molecule has 1 aliphatic rings. The number of urea groups is 1. The lowest BCUT2D eigenvalue weighted by atomic mass is 9.99. The highest BCUT2D eigenvalue weighted by Crippen LogP contribution is 2.35. The van der Waals surface area contributed by atoms with E-state index in [-0.39, 0.29) is 36.3 Å². The summed E-state index contributed by atoms with van der Waals surface area (Å²) in [5.74, 6) is -0.422. The van der Waals surface area contributed by atoms with Crippen LogP contribution in [0.15, 0.2) is 42.5 Å². The molecule has 0 saturated carbocycles. The number of hydrogen-bond donors (Lipinski definition) is 3. The van der Waals surface area contributed by atoms with Gasteiger partial charge >= 0.3 is 6.03 Å². The molecule has 2 aromatic rings. The summed E-state index contributed by atoms with van der Waals surface area (Å²) in [5, 5.41) is 15.1. The molecule has 0 radical (unpaired) electrons. The predicted molar refractivity (Wildman–Crippen MR) is 125 cm³/mol. The van der Waals surface area contributed by atoms with E-state index < -0.39 is 11.8 Å². The van der Waals surface area contributed by atoms with E-state index in [4.69, 9.17) is 4.74 Å². The molecule has 1 heterocycles. The van der Waals surface area contributed by atoms with Gasteiger partial charge in [0.25, 0.3) is 5.91 Å².